The molecule has 1 aromatic rings. The van der Waals surface area contributed by atoms with Crippen molar-refractivity contribution >= 4 is 0 Å². The average molecular weight is 240 g/mol. The third kappa shape index (κ3) is 4.07. The summed E-state index contributed by atoms with van der Waals surface area (Å²) in [7, 11) is 1.67. The molecule has 0 aliphatic carbocycles. The van der Waals surface area contributed by atoms with Crippen LogP contribution < -0.4 is 11.1 Å². The molecule has 0 aromatic heterocycles. The van der Waals surface area contributed by atoms with E-state index in [0.29, 0.717) is 12.1 Å². The summed E-state index contributed by atoms with van der Waals surface area (Å²) >= 11 is 0. The van der Waals surface area contributed by atoms with Crippen molar-refractivity contribution in [2.45, 2.75) is 26.0 Å². The van der Waals surface area contributed by atoms with E-state index in [2.05, 4.69) is 5.32 Å². The lowest BCUT2D eigenvalue weighted by atomic mass is 10.0. The Morgan fingerprint density at radius 3 is 2.71 bits per heavy atom. The molecule has 3 N–H and O–H groups in total. The largest absolute Gasteiger partial charge is 0.380 e. The van der Waals surface area contributed by atoms with Crippen LogP contribution in [0.1, 0.15) is 24.1 Å². The summed E-state index contributed by atoms with van der Waals surface area (Å²) in [6.45, 7) is 4.93. The molecular weight excluding hydrogens is 219 g/mol. The van der Waals surface area contributed by atoms with Crippen molar-refractivity contribution in [3.8, 4) is 0 Å². The third-order valence-electron chi connectivity index (χ3n) is 2.87. The smallest absolute Gasteiger partial charge is 0.126 e. The molecule has 4 heteroatoms. The van der Waals surface area contributed by atoms with Gasteiger partial charge in [-0.3, -0.25) is 0 Å². The first kappa shape index (κ1) is 14.1. The number of hydrogen-bond acceptors (Lipinski definition) is 3. The lowest BCUT2D eigenvalue weighted by Crippen LogP contribution is -2.34. The molecule has 0 amide bonds. The van der Waals surface area contributed by atoms with Crippen LogP contribution in [0.3, 0.4) is 0 Å². The molecule has 1 aromatic carbocycles. The fourth-order valence-corrected chi connectivity index (χ4v) is 1.61. The van der Waals surface area contributed by atoms with Crippen LogP contribution in [-0.4, -0.2) is 26.3 Å². The van der Waals surface area contributed by atoms with Crippen LogP contribution in [-0.2, 0) is 4.74 Å². The van der Waals surface area contributed by atoms with Crippen LogP contribution in [0.25, 0.3) is 0 Å². The molecule has 3 nitrogen and oxygen atoms in total. The van der Waals surface area contributed by atoms with Crippen molar-refractivity contribution in [2.24, 2.45) is 5.73 Å². The van der Waals surface area contributed by atoms with E-state index in [-0.39, 0.29) is 18.0 Å². The number of rotatable bonds is 6. The van der Waals surface area contributed by atoms with E-state index < -0.39 is 0 Å². The summed E-state index contributed by atoms with van der Waals surface area (Å²) < 4.78 is 18.3. The van der Waals surface area contributed by atoms with Crippen molar-refractivity contribution in [1.82, 2.24) is 5.32 Å². The number of hydrogen-bond donors (Lipinski definition) is 2. The minimum Gasteiger partial charge on any atom is -0.380 e. The molecule has 0 heterocycles. The van der Waals surface area contributed by atoms with Gasteiger partial charge in [-0.1, -0.05) is 12.1 Å². The van der Waals surface area contributed by atoms with E-state index in [1.807, 2.05) is 13.0 Å². The van der Waals surface area contributed by atoms with Gasteiger partial charge < -0.3 is 15.8 Å². The molecule has 0 saturated heterocycles. The zero-order valence-corrected chi connectivity index (χ0v) is 10.7. The SMILES string of the molecule is COC(C)CNC(CN)c1ccc(F)c(C)c1. The van der Waals surface area contributed by atoms with Crippen LogP contribution in [0.2, 0.25) is 0 Å². The van der Waals surface area contributed by atoms with Crippen LogP contribution in [0.5, 0.6) is 0 Å². The minimum absolute atomic E-state index is 0.0342. The Hall–Kier alpha value is -0.970. The maximum Gasteiger partial charge on any atom is 0.126 e. The normalized spacial score (nSPS) is 14.6. The summed E-state index contributed by atoms with van der Waals surface area (Å²) in [5, 5.41) is 3.31. The number of methoxy groups -OCH3 is 1. The molecule has 0 aliphatic rings. The zero-order valence-electron chi connectivity index (χ0n) is 10.7. The van der Waals surface area contributed by atoms with Crippen LogP contribution in [0.15, 0.2) is 18.2 Å². The van der Waals surface area contributed by atoms with Crippen LogP contribution >= 0.6 is 0 Å². The number of nitrogens with two attached hydrogens (primary N) is 1. The summed E-state index contributed by atoms with van der Waals surface area (Å²) in [5.41, 5.74) is 7.37. The topological polar surface area (TPSA) is 47.3 Å². The van der Waals surface area contributed by atoms with E-state index in [4.69, 9.17) is 10.5 Å². The van der Waals surface area contributed by atoms with Gasteiger partial charge in [0.15, 0.2) is 0 Å². The maximum absolute atomic E-state index is 13.2. The van der Waals surface area contributed by atoms with Gasteiger partial charge in [-0.15, -0.1) is 0 Å². The summed E-state index contributed by atoms with van der Waals surface area (Å²) in [6.07, 6.45) is 0.130. The summed E-state index contributed by atoms with van der Waals surface area (Å²) in [4.78, 5) is 0. The molecule has 2 unspecified atom stereocenters. The number of ether oxygens (including phenoxy) is 1. The van der Waals surface area contributed by atoms with E-state index in [1.54, 1.807) is 20.1 Å². The molecule has 0 radical (unpaired) electrons. The Morgan fingerprint density at radius 1 is 1.47 bits per heavy atom. The number of aryl methyl sites for hydroxylation is 1. The van der Waals surface area contributed by atoms with E-state index in [9.17, 15) is 4.39 Å². The molecule has 0 aliphatic heterocycles. The molecule has 17 heavy (non-hydrogen) atoms. The molecular formula is C13H21FN2O. The maximum atomic E-state index is 13.2. The number of nitrogens with one attached hydrogen (secondary N) is 1. The van der Waals surface area contributed by atoms with Gasteiger partial charge in [0.25, 0.3) is 0 Å². The molecule has 2 atom stereocenters. The Bertz CT molecular complexity index is 357. The monoisotopic (exact) mass is 240 g/mol. The van der Waals surface area contributed by atoms with Crippen molar-refractivity contribution < 1.29 is 9.13 Å². The minimum atomic E-state index is -0.185. The molecule has 0 saturated carbocycles. The first-order chi connectivity index (χ1) is 8.08. The summed E-state index contributed by atoms with van der Waals surface area (Å²) in [5.74, 6) is -0.185. The predicted octanol–water partition coefficient (Wildman–Crippen LogP) is 1.76. The molecule has 1 rings (SSSR count). The molecule has 0 fully saturated rings. The van der Waals surface area contributed by atoms with Crippen molar-refractivity contribution in [3.63, 3.8) is 0 Å². The van der Waals surface area contributed by atoms with Crippen molar-refractivity contribution in [1.29, 1.82) is 0 Å². The summed E-state index contributed by atoms with van der Waals surface area (Å²) in [6, 6.07) is 5.11. The van der Waals surface area contributed by atoms with E-state index in [1.165, 1.54) is 6.07 Å². The lowest BCUT2D eigenvalue weighted by Gasteiger charge is -2.20. The predicted molar refractivity (Wildman–Crippen MR) is 67.4 cm³/mol. The van der Waals surface area contributed by atoms with Gasteiger partial charge in [-0.25, -0.2) is 4.39 Å². The van der Waals surface area contributed by atoms with Crippen LogP contribution in [0.4, 0.5) is 4.39 Å². The van der Waals surface area contributed by atoms with Gasteiger partial charge in [0.2, 0.25) is 0 Å². The highest BCUT2D eigenvalue weighted by atomic mass is 19.1. The zero-order chi connectivity index (χ0) is 12.8. The Kier molecular flexibility index (Phi) is 5.55. The average Bonchev–Trinajstić information content (AvgIpc) is 2.33. The Balaban J connectivity index is 2.69. The highest BCUT2D eigenvalue weighted by molar-refractivity contribution is 5.26. The fraction of sp³-hybridized carbons (Fsp3) is 0.538. The van der Waals surface area contributed by atoms with Gasteiger partial charge in [-0.05, 0) is 31.0 Å². The van der Waals surface area contributed by atoms with Gasteiger partial charge in [0.1, 0.15) is 5.82 Å². The molecule has 0 spiro atoms. The quantitative estimate of drug-likeness (QED) is 0.796. The third-order valence-corrected chi connectivity index (χ3v) is 2.87. The molecule has 96 valence electrons. The van der Waals surface area contributed by atoms with Crippen molar-refractivity contribution in [2.75, 3.05) is 20.2 Å². The number of halogens is 1. The second-order valence-corrected chi connectivity index (χ2v) is 4.25. The van der Waals surface area contributed by atoms with Gasteiger partial charge in [0.05, 0.1) is 6.10 Å². The highest BCUT2D eigenvalue weighted by Gasteiger charge is 2.11. The first-order valence-corrected chi connectivity index (χ1v) is 5.80. The van der Waals surface area contributed by atoms with Crippen LogP contribution in [0, 0.1) is 12.7 Å². The van der Waals surface area contributed by atoms with Crippen molar-refractivity contribution in [3.05, 3.63) is 35.1 Å². The lowest BCUT2D eigenvalue weighted by molar-refractivity contribution is 0.114. The highest BCUT2D eigenvalue weighted by Crippen LogP contribution is 2.16. The van der Waals surface area contributed by atoms with Gasteiger partial charge in [0, 0.05) is 26.2 Å². The van der Waals surface area contributed by atoms with Gasteiger partial charge >= 0.3 is 0 Å². The standard InChI is InChI=1S/C13H21FN2O/c1-9-6-11(4-5-12(9)14)13(7-15)16-8-10(2)17-3/h4-6,10,13,16H,7-8,15H2,1-3H3. The van der Waals surface area contributed by atoms with Gasteiger partial charge in [-0.2, -0.15) is 0 Å². The molecule has 0 bridgehead atoms. The second-order valence-electron chi connectivity index (χ2n) is 4.25. The first-order valence-electron chi connectivity index (χ1n) is 5.80. The van der Waals surface area contributed by atoms with E-state index in [0.717, 1.165) is 12.1 Å². The van der Waals surface area contributed by atoms with E-state index >= 15 is 0 Å². The Labute approximate surface area is 102 Å². The second kappa shape index (κ2) is 6.69. The number of benzene rings is 1. The Morgan fingerprint density at radius 2 is 2.18 bits per heavy atom. The fourth-order valence-electron chi connectivity index (χ4n) is 1.61.